The number of carbonyl (C=O) groups is 1. The van der Waals surface area contributed by atoms with Crippen molar-refractivity contribution in [3.8, 4) is 0 Å². The lowest BCUT2D eigenvalue weighted by molar-refractivity contribution is -0.122. The molecule has 4 rings (SSSR count). The van der Waals surface area contributed by atoms with Crippen LogP contribution < -0.4 is 5.32 Å². The fraction of sp³-hybridized carbons (Fsp3) is 0.409. The van der Waals surface area contributed by atoms with Gasteiger partial charge in [-0.2, -0.15) is 4.31 Å². The van der Waals surface area contributed by atoms with E-state index in [-0.39, 0.29) is 17.6 Å². The Morgan fingerprint density at radius 2 is 1.68 bits per heavy atom. The van der Waals surface area contributed by atoms with E-state index < -0.39 is 15.6 Å². The molecule has 2 aromatic carbocycles. The first-order chi connectivity index (χ1) is 13.5. The third-order valence-corrected chi connectivity index (χ3v) is 7.73. The summed E-state index contributed by atoms with van der Waals surface area (Å²) in [5.41, 5.74) is 1.34. The lowest BCUT2D eigenvalue weighted by Gasteiger charge is -2.35. The minimum absolute atomic E-state index is 0.0145. The zero-order valence-electron chi connectivity index (χ0n) is 15.9. The van der Waals surface area contributed by atoms with Gasteiger partial charge in [-0.15, -0.1) is 0 Å². The number of carbonyl (C=O) groups excluding carboxylic acids is 1. The van der Waals surface area contributed by atoms with Crippen molar-refractivity contribution in [3.05, 3.63) is 71.8 Å². The van der Waals surface area contributed by atoms with Gasteiger partial charge in [0.2, 0.25) is 15.9 Å². The average Bonchev–Trinajstić information content (AvgIpc) is 2.96. The van der Waals surface area contributed by atoms with Crippen LogP contribution in [0.15, 0.2) is 60.7 Å². The Balaban J connectivity index is 1.67. The molecular formula is C22H26N2O3S. The second kappa shape index (κ2) is 7.68. The molecule has 1 spiro atoms. The largest absolute Gasteiger partial charge is 0.349 e. The Morgan fingerprint density at radius 3 is 2.39 bits per heavy atom. The molecule has 148 valence electrons. The van der Waals surface area contributed by atoms with E-state index in [4.69, 9.17) is 0 Å². The second-order valence-corrected chi connectivity index (χ2v) is 9.88. The van der Waals surface area contributed by atoms with Crippen molar-refractivity contribution in [2.45, 2.75) is 42.9 Å². The van der Waals surface area contributed by atoms with Gasteiger partial charge in [0.1, 0.15) is 0 Å². The zero-order chi connectivity index (χ0) is 19.6. The number of benzene rings is 2. The summed E-state index contributed by atoms with van der Waals surface area (Å²) >= 11 is 0. The fourth-order valence-corrected chi connectivity index (χ4v) is 6.17. The maximum absolute atomic E-state index is 13.2. The Labute approximate surface area is 166 Å². The smallest absolute Gasteiger partial charge is 0.220 e. The highest BCUT2D eigenvalue weighted by atomic mass is 32.2. The van der Waals surface area contributed by atoms with Gasteiger partial charge in [-0.3, -0.25) is 4.79 Å². The van der Waals surface area contributed by atoms with Crippen molar-refractivity contribution in [2.24, 2.45) is 0 Å². The summed E-state index contributed by atoms with van der Waals surface area (Å²) in [5, 5.41) is 3.22. The molecule has 1 N–H and O–H groups in total. The van der Waals surface area contributed by atoms with Gasteiger partial charge in [0.15, 0.2) is 0 Å². The number of nitrogens with one attached hydrogen (secondary N) is 1. The van der Waals surface area contributed by atoms with Gasteiger partial charge in [0.25, 0.3) is 0 Å². The molecule has 0 saturated carbocycles. The summed E-state index contributed by atoms with van der Waals surface area (Å²) in [7, 11) is -3.48. The van der Waals surface area contributed by atoms with Crippen molar-refractivity contribution < 1.29 is 13.2 Å². The van der Waals surface area contributed by atoms with E-state index in [1.54, 1.807) is 4.31 Å². The van der Waals surface area contributed by atoms with Crippen LogP contribution in [-0.4, -0.2) is 37.3 Å². The zero-order valence-corrected chi connectivity index (χ0v) is 16.7. The summed E-state index contributed by atoms with van der Waals surface area (Å²) in [4.78, 5) is 12.4. The molecular weight excluding hydrogens is 372 g/mol. The molecule has 2 atom stereocenters. The van der Waals surface area contributed by atoms with Crippen LogP contribution in [0.1, 0.15) is 42.7 Å². The molecule has 6 heteroatoms. The molecule has 5 nitrogen and oxygen atoms in total. The van der Waals surface area contributed by atoms with Gasteiger partial charge in [-0.25, -0.2) is 8.42 Å². The number of sulfonamides is 1. The van der Waals surface area contributed by atoms with Crippen molar-refractivity contribution in [1.29, 1.82) is 0 Å². The van der Waals surface area contributed by atoms with E-state index in [0.717, 1.165) is 30.4 Å². The Bertz CT molecular complexity index is 931. The van der Waals surface area contributed by atoms with E-state index >= 15 is 0 Å². The van der Waals surface area contributed by atoms with Crippen molar-refractivity contribution in [1.82, 2.24) is 9.62 Å². The van der Waals surface area contributed by atoms with Crippen molar-refractivity contribution >= 4 is 15.9 Å². The Kier molecular flexibility index (Phi) is 5.25. The molecule has 0 aliphatic carbocycles. The molecule has 28 heavy (non-hydrogen) atoms. The summed E-state index contributed by atoms with van der Waals surface area (Å²) in [6, 6.07) is 19.3. The molecule has 0 unspecified atom stereocenters. The van der Waals surface area contributed by atoms with Crippen LogP contribution in [0.5, 0.6) is 0 Å². The topological polar surface area (TPSA) is 66.5 Å². The van der Waals surface area contributed by atoms with Gasteiger partial charge in [-0.05, 0) is 24.0 Å². The van der Waals surface area contributed by atoms with Gasteiger partial charge < -0.3 is 5.32 Å². The fourth-order valence-electron chi connectivity index (χ4n) is 4.57. The minimum Gasteiger partial charge on any atom is -0.349 e. The molecule has 2 aliphatic heterocycles. The Morgan fingerprint density at radius 1 is 1.00 bits per heavy atom. The average molecular weight is 399 g/mol. The maximum Gasteiger partial charge on any atom is 0.220 e. The van der Waals surface area contributed by atoms with Crippen LogP contribution >= 0.6 is 0 Å². The third-order valence-electron chi connectivity index (χ3n) is 5.96. The summed E-state index contributed by atoms with van der Waals surface area (Å²) < 4.78 is 28.0. The van der Waals surface area contributed by atoms with E-state index in [1.165, 1.54) is 0 Å². The van der Waals surface area contributed by atoms with Crippen LogP contribution in [0, 0.1) is 0 Å². The number of hydrogen-bond donors (Lipinski definition) is 1. The van der Waals surface area contributed by atoms with Gasteiger partial charge >= 0.3 is 0 Å². The van der Waals surface area contributed by atoms with E-state index in [2.05, 4.69) is 5.32 Å². The first kappa shape index (κ1) is 19.2. The molecule has 2 fully saturated rings. The van der Waals surface area contributed by atoms with Crippen LogP contribution in [0.2, 0.25) is 0 Å². The van der Waals surface area contributed by atoms with E-state index in [0.29, 0.717) is 19.5 Å². The summed E-state index contributed by atoms with van der Waals surface area (Å²) in [6.45, 7) is 0.743. The standard InChI is InChI=1S/C22H26N2O3S/c25-21-13-7-8-14-22(23-21)17-24(15-20(22)19-11-5-2-6-12-19)28(26,27)16-18-9-3-1-4-10-18/h1-6,9-12,20H,7-8,13-17H2,(H,23,25)/t20-,22+/m0/s1. The highest BCUT2D eigenvalue weighted by molar-refractivity contribution is 7.88. The number of amides is 1. The molecule has 2 aromatic rings. The maximum atomic E-state index is 13.2. The van der Waals surface area contributed by atoms with Crippen LogP contribution in [0.25, 0.3) is 0 Å². The second-order valence-electron chi connectivity index (χ2n) is 7.91. The van der Waals surface area contributed by atoms with Crippen LogP contribution in [0.3, 0.4) is 0 Å². The van der Waals surface area contributed by atoms with E-state index in [9.17, 15) is 13.2 Å². The first-order valence-electron chi connectivity index (χ1n) is 9.86. The highest BCUT2D eigenvalue weighted by Crippen LogP contribution is 2.42. The molecule has 2 aliphatic rings. The summed E-state index contributed by atoms with van der Waals surface area (Å²) in [6.07, 6.45) is 3.09. The molecule has 0 aromatic heterocycles. The predicted molar refractivity (Wildman–Crippen MR) is 109 cm³/mol. The van der Waals surface area contributed by atoms with Gasteiger partial charge in [-0.1, -0.05) is 67.1 Å². The monoisotopic (exact) mass is 398 g/mol. The molecule has 1 amide bonds. The SMILES string of the molecule is O=C1CCCC[C@]2(CN(S(=O)(=O)Cc3ccccc3)C[C@H]2c2ccccc2)N1. The number of rotatable bonds is 4. The minimum atomic E-state index is -3.48. The normalized spacial score (nSPS) is 26.1. The summed E-state index contributed by atoms with van der Waals surface area (Å²) in [5.74, 6) is -0.0265. The Hall–Kier alpha value is -2.18. The van der Waals surface area contributed by atoms with Gasteiger partial charge in [0, 0.05) is 25.4 Å². The molecule has 2 heterocycles. The number of nitrogens with zero attached hydrogens (tertiary/aromatic N) is 1. The predicted octanol–water partition coefficient (Wildman–Crippen LogP) is 3.04. The van der Waals surface area contributed by atoms with Crippen LogP contribution in [-0.2, 0) is 20.6 Å². The lowest BCUT2D eigenvalue weighted by atomic mass is 9.79. The number of hydrogen-bond acceptors (Lipinski definition) is 3. The van der Waals surface area contributed by atoms with E-state index in [1.807, 2.05) is 60.7 Å². The van der Waals surface area contributed by atoms with Crippen molar-refractivity contribution in [3.63, 3.8) is 0 Å². The quantitative estimate of drug-likeness (QED) is 0.861. The first-order valence-corrected chi connectivity index (χ1v) is 11.5. The highest BCUT2D eigenvalue weighted by Gasteiger charge is 2.51. The lowest BCUT2D eigenvalue weighted by Crippen LogP contribution is -2.52. The third kappa shape index (κ3) is 3.84. The van der Waals surface area contributed by atoms with Gasteiger partial charge in [0.05, 0.1) is 11.3 Å². The van der Waals surface area contributed by atoms with Crippen molar-refractivity contribution in [2.75, 3.05) is 13.1 Å². The molecule has 0 bridgehead atoms. The molecule has 2 saturated heterocycles. The van der Waals surface area contributed by atoms with Crippen LogP contribution in [0.4, 0.5) is 0 Å². The molecule has 0 radical (unpaired) electrons.